The quantitative estimate of drug-likeness (QED) is 0.519. The van der Waals surface area contributed by atoms with Gasteiger partial charge in [-0.1, -0.05) is 0 Å². The summed E-state index contributed by atoms with van der Waals surface area (Å²) >= 11 is 0. The first kappa shape index (κ1) is 20.4. The highest BCUT2D eigenvalue weighted by Gasteiger charge is 2.55. The summed E-state index contributed by atoms with van der Waals surface area (Å²) in [4.78, 5) is 16.6. The third kappa shape index (κ3) is 3.47. The molecule has 0 amide bonds. The van der Waals surface area contributed by atoms with Crippen LogP contribution in [0, 0.1) is 0 Å². The smallest absolute Gasteiger partial charge is 0.0974 e. The lowest BCUT2D eigenvalue weighted by Crippen LogP contribution is -2.50. The molecule has 6 heteroatoms. The van der Waals surface area contributed by atoms with Gasteiger partial charge in [0, 0.05) is 61.4 Å². The van der Waals surface area contributed by atoms with Gasteiger partial charge in [0.15, 0.2) is 0 Å². The van der Waals surface area contributed by atoms with E-state index in [9.17, 15) is 10.2 Å². The Morgan fingerprint density at radius 1 is 0.500 bits per heavy atom. The fourth-order valence-electron chi connectivity index (χ4n) is 5.14. The fourth-order valence-corrected chi connectivity index (χ4v) is 5.14. The van der Waals surface area contributed by atoms with Gasteiger partial charge in [0.05, 0.1) is 11.2 Å². The molecule has 2 N–H and O–H groups in total. The summed E-state index contributed by atoms with van der Waals surface area (Å²) in [7, 11) is 0. The van der Waals surface area contributed by atoms with Crippen molar-refractivity contribution in [2.75, 3.05) is 0 Å². The molecule has 1 aliphatic carbocycles. The monoisotopic (exact) mass is 424 g/mol. The zero-order chi connectivity index (χ0) is 22.0. The number of rotatable bonds is 4. The Hall–Kier alpha value is -3.48. The van der Waals surface area contributed by atoms with Crippen LogP contribution in [0.4, 0.5) is 0 Å². The van der Waals surface area contributed by atoms with Crippen LogP contribution in [0.3, 0.4) is 0 Å². The van der Waals surface area contributed by atoms with E-state index in [0.29, 0.717) is 12.8 Å². The zero-order valence-corrected chi connectivity index (χ0v) is 17.5. The van der Waals surface area contributed by atoms with Crippen LogP contribution < -0.4 is 0 Å². The average Bonchev–Trinajstić information content (AvgIpc) is 2.87. The first-order valence-electron chi connectivity index (χ1n) is 10.7. The van der Waals surface area contributed by atoms with Crippen molar-refractivity contribution in [3.05, 3.63) is 120 Å². The molecule has 0 bridgehead atoms. The Kier molecular flexibility index (Phi) is 5.25. The third-order valence-electron chi connectivity index (χ3n) is 6.76. The largest absolute Gasteiger partial charge is 0.384 e. The molecule has 1 aliphatic rings. The number of pyridine rings is 4. The number of aliphatic hydroxyl groups is 2. The van der Waals surface area contributed by atoms with Gasteiger partial charge in [0.1, 0.15) is 0 Å². The molecule has 0 aliphatic heterocycles. The number of hydrogen-bond donors (Lipinski definition) is 2. The average molecular weight is 425 g/mol. The van der Waals surface area contributed by atoms with E-state index < -0.39 is 11.2 Å². The Morgan fingerprint density at radius 2 is 0.781 bits per heavy atom. The van der Waals surface area contributed by atoms with E-state index in [2.05, 4.69) is 19.9 Å². The molecule has 4 aromatic rings. The van der Waals surface area contributed by atoms with Crippen LogP contribution in [-0.4, -0.2) is 30.1 Å². The van der Waals surface area contributed by atoms with E-state index in [-0.39, 0.29) is 11.8 Å². The van der Waals surface area contributed by atoms with Crippen LogP contribution >= 0.6 is 0 Å². The van der Waals surface area contributed by atoms with Crippen molar-refractivity contribution in [3.63, 3.8) is 0 Å². The first-order valence-corrected chi connectivity index (χ1v) is 10.7. The van der Waals surface area contributed by atoms with E-state index in [0.717, 1.165) is 22.3 Å². The SMILES string of the molecule is O[C@@]1(c2ccncc2)C[C@@H](c2ccncc2)[C@@](O)(c2ccncc2)C[C@@H]1c1ccncc1. The van der Waals surface area contributed by atoms with E-state index >= 15 is 0 Å². The summed E-state index contributed by atoms with van der Waals surface area (Å²) in [6.45, 7) is 0. The van der Waals surface area contributed by atoms with Crippen molar-refractivity contribution < 1.29 is 10.2 Å². The third-order valence-corrected chi connectivity index (χ3v) is 6.76. The van der Waals surface area contributed by atoms with Gasteiger partial charge in [-0.05, 0) is 83.6 Å². The number of aromatic nitrogens is 4. The Morgan fingerprint density at radius 3 is 1.09 bits per heavy atom. The van der Waals surface area contributed by atoms with Gasteiger partial charge in [0.2, 0.25) is 0 Å². The molecule has 5 rings (SSSR count). The van der Waals surface area contributed by atoms with Crippen molar-refractivity contribution in [3.8, 4) is 0 Å². The second-order valence-electron chi connectivity index (χ2n) is 8.39. The van der Waals surface area contributed by atoms with Crippen LogP contribution in [0.5, 0.6) is 0 Å². The van der Waals surface area contributed by atoms with Crippen molar-refractivity contribution in [1.29, 1.82) is 0 Å². The van der Waals surface area contributed by atoms with Gasteiger partial charge < -0.3 is 10.2 Å². The lowest BCUT2D eigenvalue weighted by atomic mass is 9.57. The molecular formula is C26H24N4O2. The standard InChI is InChI=1S/C26H24N4O2/c31-25(21-5-13-29-14-6-21)18-24(20-3-11-28-12-4-20)26(32,22-7-15-30-16-8-22)17-23(25)19-1-9-27-10-2-19/h1-16,23-24,31-32H,17-18H2/t23-,24+,25-,26+. The minimum atomic E-state index is -1.21. The van der Waals surface area contributed by atoms with Crippen LogP contribution in [0.1, 0.15) is 46.9 Å². The van der Waals surface area contributed by atoms with E-state index in [4.69, 9.17) is 0 Å². The molecule has 160 valence electrons. The van der Waals surface area contributed by atoms with Crippen molar-refractivity contribution >= 4 is 0 Å². The molecule has 0 unspecified atom stereocenters. The molecule has 4 aromatic heterocycles. The maximum Gasteiger partial charge on any atom is 0.0974 e. The highest BCUT2D eigenvalue weighted by atomic mass is 16.3. The predicted molar refractivity (Wildman–Crippen MR) is 119 cm³/mol. The van der Waals surface area contributed by atoms with Crippen LogP contribution in [0.2, 0.25) is 0 Å². The summed E-state index contributed by atoms with van der Waals surface area (Å²) in [5.41, 5.74) is 1.00. The molecule has 0 saturated heterocycles. The van der Waals surface area contributed by atoms with Crippen molar-refractivity contribution in [2.24, 2.45) is 0 Å². The summed E-state index contributed by atoms with van der Waals surface area (Å²) < 4.78 is 0. The predicted octanol–water partition coefficient (Wildman–Crippen LogP) is 3.70. The lowest BCUT2D eigenvalue weighted by molar-refractivity contribution is -0.120. The minimum absolute atomic E-state index is 0.326. The molecular weight excluding hydrogens is 400 g/mol. The molecule has 32 heavy (non-hydrogen) atoms. The normalized spacial score (nSPS) is 27.7. The van der Waals surface area contributed by atoms with Crippen LogP contribution in [0.15, 0.2) is 98.1 Å². The second-order valence-corrected chi connectivity index (χ2v) is 8.39. The summed E-state index contributed by atoms with van der Waals surface area (Å²) in [6.07, 6.45) is 14.3. The molecule has 6 nitrogen and oxygen atoms in total. The van der Waals surface area contributed by atoms with Gasteiger partial charge in [-0.15, -0.1) is 0 Å². The lowest BCUT2D eigenvalue weighted by Gasteiger charge is -2.52. The van der Waals surface area contributed by atoms with Gasteiger partial charge in [-0.25, -0.2) is 0 Å². The van der Waals surface area contributed by atoms with Gasteiger partial charge in [0.25, 0.3) is 0 Å². The summed E-state index contributed by atoms with van der Waals surface area (Å²) in [5.74, 6) is -0.715. The molecule has 0 radical (unpaired) electrons. The van der Waals surface area contributed by atoms with Crippen molar-refractivity contribution in [1.82, 2.24) is 19.9 Å². The van der Waals surface area contributed by atoms with Gasteiger partial charge in [-0.3, -0.25) is 19.9 Å². The second kappa shape index (κ2) is 8.22. The molecule has 0 spiro atoms. The fraction of sp³-hybridized carbons (Fsp3) is 0.231. The molecule has 4 heterocycles. The topological polar surface area (TPSA) is 92.0 Å². The highest BCUT2D eigenvalue weighted by molar-refractivity contribution is 5.39. The van der Waals surface area contributed by atoms with E-state index in [1.165, 1.54) is 0 Å². The van der Waals surface area contributed by atoms with Crippen LogP contribution in [-0.2, 0) is 11.2 Å². The van der Waals surface area contributed by atoms with Crippen LogP contribution in [0.25, 0.3) is 0 Å². The molecule has 1 saturated carbocycles. The maximum absolute atomic E-state index is 12.3. The maximum atomic E-state index is 12.3. The minimum Gasteiger partial charge on any atom is -0.384 e. The molecule has 0 aromatic carbocycles. The van der Waals surface area contributed by atoms with Gasteiger partial charge >= 0.3 is 0 Å². The number of nitrogens with zero attached hydrogens (tertiary/aromatic N) is 4. The molecule has 4 atom stereocenters. The van der Waals surface area contributed by atoms with Crippen molar-refractivity contribution in [2.45, 2.75) is 35.9 Å². The summed E-state index contributed by atoms with van der Waals surface area (Å²) in [5, 5.41) is 24.6. The molecule has 1 fully saturated rings. The highest BCUT2D eigenvalue weighted by Crippen LogP contribution is 2.58. The van der Waals surface area contributed by atoms with Gasteiger partial charge in [-0.2, -0.15) is 0 Å². The Balaban J connectivity index is 1.71. The first-order chi connectivity index (χ1) is 15.6. The number of hydrogen-bond acceptors (Lipinski definition) is 6. The zero-order valence-electron chi connectivity index (χ0n) is 17.5. The summed E-state index contributed by atoms with van der Waals surface area (Å²) in [6, 6.07) is 15.1. The Labute approximate surface area is 186 Å². The Bertz CT molecular complexity index is 1070. The van der Waals surface area contributed by atoms with E-state index in [1.807, 2.05) is 48.5 Å². The van der Waals surface area contributed by atoms with E-state index in [1.54, 1.807) is 49.6 Å².